The van der Waals surface area contributed by atoms with Crippen molar-refractivity contribution >= 4 is 21.6 Å². The van der Waals surface area contributed by atoms with E-state index in [0.29, 0.717) is 17.8 Å². The Hall–Kier alpha value is -2.54. The Bertz CT molecular complexity index is 847. The number of aryl methyl sites for hydroxylation is 1. The highest BCUT2D eigenvalue weighted by atomic mass is 32.2. The van der Waals surface area contributed by atoms with Crippen LogP contribution >= 0.6 is 0 Å². The van der Waals surface area contributed by atoms with Crippen LogP contribution in [-0.4, -0.2) is 40.8 Å². The molecule has 0 aliphatic heterocycles. The highest BCUT2D eigenvalue weighted by molar-refractivity contribution is 7.92. The lowest BCUT2D eigenvalue weighted by atomic mass is 10.1. The number of nitrogens with one attached hydrogen (secondary N) is 1. The van der Waals surface area contributed by atoms with Crippen molar-refractivity contribution < 1.29 is 17.9 Å². The standard InChI is InChI=1S/C20H26N2O4S/c1-4-27(24,25)22(2)18-11-9-17(10-12-18)20(23)21-15-5-6-16-7-13-19(26-3)14-8-16/h7-14H,4-6,15H2,1-3H3,(H,21,23). The van der Waals surface area contributed by atoms with E-state index in [1.165, 1.54) is 16.9 Å². The van der Waals surface area contributed by atoms with Gasteiger partial charge in [0.15, 0.2) is 0 Å². The fraction of sp³-hybridized carbons (Fsp3) is 0.350. The maximum absolute atomic E-state index is 12.2. The first-order valence-corrected chi connectivity index (χ1v) is 10.5. The summed E-state index contributed by atoms with van der Waals surface area (Å²) in [6.07, 6.45) is 1.69. The van der Waals surface area contributed by atoms with Gasteiger partial charge in [0.2, 0.25) is 10.0 Å². The van der Waals surface area contributed by atoms with Crippen LogP contribution in [0.25, 0.3) is 0 Å². The molecule has 0 spiro atoms. The van der Waals surface area contributed by atoms with E-state index in [9.17, 15) is 13.2 Å². The van der Waals surface area contributed by atoms with E-state index < -0.39 is 10.0 Å². The van der Waals surface area contributed by atoms with Gasteiger partial charge in [-0.25, -0.2) is 8.42 Å². The Labute approximate surface area is 161 Å². The maximum Gasteiger partial charge on any atom is 0.251 e. The predicted molar refractivity (Wildman–Crippen MR) is 108 cm³/mol. The second-order valence-electron chi connectivity index (χ2n) is 6.12. The molecule has 1 N–H and O–H groups in total. The molecule has 2 rings (SSSR count). The zero-order chi connectivity index (χ0) is 19.9. The molecule has 0 bridgehead atoms. The number of nitrogens with zero attached hydrogens (tertiary/aromatic N) is 1. The lowest BCUT2D eigenvalue weighted by Gasteiger charge is -2.18. The van der Waals surface area contributed by atoms with Crippen LogP contribution in [0.2, 0.25) is 0 Å². The third-order valence-electron chi connectivity index (χ3n) is 4.36. The van der Waals surface area contributed by atoms with Crippen molar-refractivity contribution in [3.63, 3.8) is 0 Å². The number of methoxy groups -OCH3 is 1. The van der Waals surface area contributed by atoms with E-state index in [2.05, 4.69) is 5.32 Å². The first-order valence-electron chi connectivity index (χ1n) is 8.85. The lowest BCUT2D eigenvalue weighted by molar-refractivity contribution is 0.0953. The number of amides is 1. The van der Waals surface area contributed by atoms with Gasteiger partial charge in [-0.15, -0.1) is 0 Å². The molecule has 0 fully saturated rings. The van der Waals surface area contributed by atoms with E-state index in [1.54, 1.807) is 38.3 Å². The van der Waals surface area contributed by atoms with Crippen molar-refractivity contribution in [2.24, 2.45) is 0 Å². The smallest absolute Gasteiger partial charge is 0.251 e. The molecule has 27 heavy (non-hydrogen) atoms. The molecule has 146 valence electrons. The Morgan fingerprint density at radius 3 is 2.26 bits per heavy atom. The summed E-state index contributed by atoms with van der Waals surface area (Å²) in [5.41, 5.74) is 2.23. The number of hydrogen-bond acceptors (Lipinski definition) is 4. The number of anilines is 1. The van der Waals surface area contributed by atoms with E-state index in [4.69, 9.17) is 4.74 Å². The van der Waals surface area contributed by atoms with Crippen molar-refractivity contribution in [2.75, 3.05) is 30.8 Å². The summed E-state index contributed by atoms with van der Waals surface area (Å²) in [5.74, 6) is 0.685. The van der Waals surface area contributed by atoms with Gasteiger partial charge in [-0.05, 0) is 61.7 Å². The van der Waals surface area contributed by atoms with Crippen molar-refractivity contribution in [1.29, 1.82) is 0 Å². The molecule has 7 heteroatoms. The number of rotatable bonds is 9. The van der Waals surface area contributed by atoms with Crippen molar-refractivity contribution in [2.45, 2.75) is 19.8 Å². The average Bonchev–Trinajstić information content (AvgIpc) is 2.71. The number of benzene rings is 2. The first kappa shape index (κ1) is 20.8. The number of hydrogen-bond donors (Lipinski definition) is 1. The van der Waals surface area contributed by atoms with Crippen molar-refractivity contribution in [3.8, 4) is 5.75 Å². The van der Waals surface area contributed by atoms with Gasteiger partial charge in [0, 0.05) is 19.2 Å². The van der Waals surface area contributed by atoms with Crippen LogP contribution in [0.1, 0.15) is 29.3 Å². The van der Waals surface area contributed by atoms with Crippen LogP contribution < -0.4 is 14.4 Å². The molecule has 0 saturated carbocycles. The minimum atomic E-state index is -3.31. The van der Waals surface area contributed by atoms with E-state index in [1.807, 2.05) is 24.3 Å². The van der Waals surface area contributed by atoms with Crippen LogP contribution in [0.3, 0.4) is 0 Å². The highest BCUT2D eigenvalue weighted by Crippen LogP contribution is 2.17. The minimum absolute atomic E-state index is 0.0277. The quantitative estimate of drug-likeness (QED) is 0.668. The molecule has 2 aromatic carbocycles. The Balaban J connectivity index is 1.83. The van der Waals surface area contributed by atoms with Gasteiger partial charge in [-0.1, -0.05) is 12.1 Å². The normalized spacial score (nSPS) is 11.1. The van der Waals surface area contributed by atoms with Crippen molar-refractivity contribution in [3.05, 3.63) is 59.7 Å². The molecule has 0 saturated heterocycles. The summed E-state index contributed by atoms with van der Waals surface area (Å²) in [5, 5.41) is 2.89. The zero-order valence-corrected chi connectivity index (χ0v) is 16.8. The second kappa shape index (κ2) is 9.41. The second-order valence-corrected chi connectivity index (χ2v) is 8.41. The number of sulfonamides is 1. The fourth-order valence-electron chi connectivity index (χ4n) is 2.57. The molecule has 6 nitrogen and oxygen atoms in total. The van der Waals surface area contributed by atoms with Gasteiger partial charge in [0.1, 0.15) is 5.75 Å². The molecule has 1 amide bonds. The third kappa shape index (κ3) is 5.72. The van der Waals surface area contributed by atoms with Gasteiger partial charge in [0.05, 0.1) is 18.6 Å². The zero-order valence-electron chi connectivity index (χ0n) is 15.9. The third-order valence-corrected chi connectivity index (χ3v) is 6.14. The summed E-state index contributed by atoms with van der Waals surface area (Å²) in [7, 11) is -0.164. The molecule has 0 atom stereocenters. The van der Waals surface area contributed by atoms with Crippen LogP contribution in [0.5, 0.6) is 5.75 Å². The van der Waals surface area contributed by atoms with Gasteiger partial charge in [-0.3, -0.25) is 9.10 Å². The lowest BCUT2D eigenvalue weighted by Crippen LogP contribution is -2.28. The minimum Gasteiger partial charge on any atom is -0.497 e. The summed E-state index contributed by atoms with van der Waals surface area (Å²) in [4.78, 5) is 12.2. The highest BCUT2D eigenvalue weighted by Gasteiger charge is 2.16. The van der Waals surface area contributed by atoms with Crippen LogP contribution in [-0.2, 0) is 16.4 Å². The molecule has 0 aromatic heterocycles. The Kier molecular flexibility index (Phi) is 7.24. The SMILES string of the molecule is CCS(=O)(=O)N(C)c1ccc(C(=O)NCCCc2ccc(OC)cc2)cc1. The molecule has 0 aliphatic carbocycles. The van der Waals surface area contributed by atoms with Crippen LogP contribution in [0.15, 0.2) is 48.5 Å². The summed E-state index contributed by atoms with van der Waals surface area (Å²) in [6.45, 7) is 2.16. The number of carbonyl (C=O) groups is 1. The molecular formula is C20H26N2O4S. The van der Waals surface area contributed by atoms with Gasteiger partial charge >= 0.3 is 0 Å². The molecule has 0 heterocycles. The Morgan fingerprint density at radius 2 is 1.70 bits per heavy atom. The van der Waals surface area contributed by atoms with Gasteiger partial charge in [0.25, 0.3) is 5.91 Å². The molecular weight excluding hydrogens is 364 g/mol. The largest absolute Gasteiger partial charge is 0.497 e. The predicted octanol–water partition coefficient (Wildman–Crippen LogP) is 2.84. The summed E-state index contributed by atoms with van der Waals surface area (Å²) >= 11 is 0. The van der Waals surface area contributed by atoms with Crippen LogP contribution in [0.4, 0.5) is 5.69 Å². The topological polar surface area (TPSA) is 75.7 Å². The van der Waals surface area contributed by atoms with Crippen molar-refractivity contribution in [1.82, 2.24) is 5.32 Å². The molecule has 0 unspecified atom stereocenters. The first-order chi connectivity index (χ1) is 12.9. The van der Waals surface area contributed by atoms with Gasteiger partial charge < -0.3 is 10.1 Å². The van der Waals surface area contributed by atoms with E-state index in [0.717, 1.165) is 18.6 Å². The molecule has 2 aromatic rings. The van der Waals surface area contributed by atoms with E-state index in [-0.39, 0.29) is 11.7 Å². The fourth-order valence-corrected chi connectivity index (χ4v) is 3.40. The number of carbonyl (C=O) groups excluding carboxylic acids is 1. The molecule has 0 radical (unpaired) electrons. The van der Waals surface area contributed by atoms with Gasteiger partial charge in [-0.2, -0.15) is 0 Å². The molecule has 0 aliphatic rings. The number of ether oxygens (including phenoxy) is 1. The van der Waals surface area contributed by atoms with Crippen LogP contribution in [0, 0.1) is 0 Å². The monoisotopic (exact) mass is 390 g/mol. The average molecular weight is 391 g/mol. The summed E-state index contributed by atoms with van der Waals surface area (Å²) < 4.78 is 30.1. The maximum atomic E-state index is 12.2. The van der Waals surface area contributed by atoms with E-state index >= 15 is 0 Å². The summed E-state index contributed by atoms with van der Waals surface area (Å²) in [6, 6.07) is 14.4. The Morgan fingerprint density at radius 1 is 1.07 bits per heavy atom.